The minimum Gasteiger partial charge on any atom is -1.00 e. The average molecular weight is 746 g/mol. The molecule has 1 aliphatic rings. The van der Waals surface area contributed by atoms with Crippen LogP contribution < -0.4 is 153 Å². The molecule has 1 heterocycles. The number of sulfonamides is 1. The quantitative estimate of drug-likeness (QED) is 0.0663. The Kier molecular flexibility index (Phi) is 68.8. The first-order chi connectivity index (χ1) is 15.7. The molecule has 24 heteroatoms. The molecule has 0 fully saturated rings. The van der Waals surface area contributed by atoms with Crippen molar-refractivity contribution in [2.24, 2.45) is 0 Å². The molecule has 0 saturated carbocycles. The number of amides is 1. The predicted octanol–water partition coefficient (Wildman–Crippen LogP) is -15.8. The largest absolute Gasteiger partial charge is 2.00 e. The smallest absolute Gasteiger partial charge is 1.00 e. The molecule has 0 radical (unpaired) electrons. The number of rotatable bonds is 12. The summed E-state index contributed by atoms with van der Waals surface area (Å²) in [5.41, 5.74) is 0.220. The maximum atomic E-state index is 11.1. The van der Waals surface area contributed by atoms with Gasteiger partial charge in [-0.15, -0.1) is 0 Å². The Morgan fingerprint density at radius 1 is 0.791 bits per heavy atom. The molecule has 1 aromatic rings. The second-order valence-corrected chi connectivity index (χ2v) is 11.4. The number of unbranched alkanes of at least 4 members (excludes halogenated alkanes) is 9. The third kappa shape index (κ3) is 46.2. The fourth-order valence-corrected chi connectivity index (χ4v) is 4.37. The fourth-order valence-electron chi connectivity index (χ4n) is 2.87. The summed E-state index contributed by atoms with van der Waals surface area (Å²) in [6, 6.07) is 6.09. The number of hydrogen-bond donors (Lipinski definition) is 6. The minimum absolute atomic E-state index is 0. The molecule has 0 saturated heterocycles. The van der Waals surface area contributed by atoms with E-state index in [9.17, 15) is 21.6 Å². The number of nitrogens with one attached hydrogen (secondary N) is 1. The van der Waals surface area contributed by atoms with Crippen LogP contribution in [0.2, 0.25) is 0 Å². The molecule has 1 aromatic carbocycles. The molecule has 2 rings (SSSR count). The standard InChI is InChI=1S/C12H26O4S.C7H5NO3S.Mg.5Na.H4O4Si.3H2O.7H/c1-2-3-4-5-6-7-8-9-10-11-12-16-17(13,14)15;9-7-5-3-1-2-4-6(5)12(10,11)8-7;;;;;;;1-5(2,3)4;;;;;;;;;;/h2-12H2,1H3,(H,13,14,15);1-4H,(H,8,9);;;;;;;1-4H;3*1H2;;;;;;;/q;;+2;5*+1;;;;;7*-1. The van der Waals surface area contributed by atoms with E-state index in [-0.39, 0.29) is 214 Å². The molecule has 12 N–H and O–H groups in total. The van der Waals surface area contributed by atoms with Gasteiger partial charge in [-0.2, -0.15) is 8.42 Å². The molecular formula is C19H48MgNNa5O14S2Si. The molecule has 0 unspecified atom stereocenters. The molecule has 0 aromatic heterocycles. The Morgan fingerprint density at radius 2 is 1.14 bits per heavy atom. The van der Waals surface area contributed by atoms with Gasteiger partial charge >= 0.3 is 190 Å². The molecule has 0 aliphatic carbocycles. The summed E-state index contributed by atoms with van der Waals surface area (Å²) in [5, 5.41) is 0. The Morgan fingerprint density at radius 3 is 1.49 bits per heavy atom. The third-order valence-electron chi connectivity index (χ3n) is 4.38. The zero-order chi connectivity index (χ0) is 26.3. The van der Waals surface area contributed by atoms with Crippen molar-refractivity contribution in [1.29, 1.82) is 0 Å². The van der Waals surface area contributed by atoms with E-state index in [0.717, 1.165) is 12.8 Å². The van der Waals surface area contributed by atoms with Crippen LogP contribution in [0.25, 0.3) is 0 Å². The van der Waals surface area contributed by atoms with Crippen LogP contribution >= 0.6 is 0 Å². The van der Waals surface area contributed by atoms with E-state index in [2.05, 4.69) is 11.1 Å². The van der Waals surface area contributed by atoms with E-state index >= 15 is 0 Å². The number of carbonyl (C=O) groups is 1. The second-order valence-electron chi connectivity index (χ2n) is 7.46. The van der Waals surface area contributed by atoms with Crippen molar-refractivity contribution >= 4 is 58.4 Å². The van der Waals surface area contributed by atoms with Crippen molar-refractivity contribution in [1.82, 2.24) is 4.72 Å². The molecule has 1 aliphatic heterocycles. The fraction of sp³-hybridized carbons (Fsp3) is 0.632. The second kappa shape index (κ2) is 40.6. The Labute approximate surface area is 393 Å². The van der Waals surface area contributed by atoms with Crippen LogP contribution in [0.15, 0.2) is 29.2 Å². The topological polar surface area (TPSA) is 302 Å². The molecule has 236 valence electrons. The molecule has 43 heavy (non-hydrogen) atoms. The van der Waals surface area contributed by atoms with Gasteiger partial charge in [-0.05, 0) is 18.6 Å². The van der Waals surface area contributed by atoms with Crippen molar-refractivity contribution in [3.63, 3.8) is 0 Å². The molecular weight excluding hydrogens is 698 g/mol. The van der Waals surface area contributed by atoms with Crippen LogP contribution in [0.1, 0.15) is 91.5 Å². The van der Waals surface area contributed by atoms with Crippen molar-refractivity contribution in [2.45, 2.75) is 76.0 Å². The molecule has 15 nitrogen and oxygen atoms in total. The zero-order valence-electron chi connectivity index (χ0n) is 33.3. The van der Waals surface area contributed by atoms with E-state index < -0.39 is 35.4 Å². The number of fused-ring (bicyclic) bond motifs is 1. The van der Waals surface area contributed by atoms with Gasteiger partial charge in [0.25, 0.3) is 15.9 Å². The number of benzene rings is 1. The Bertz CT molecular complexity index is 989. The van der Waals surface area contributed by atoms with Crippen LogP contribution in [0.5, 0.6) is 0 Å². The van der Waals surface area contributed by atoms with Crippen molar-refractivity contribution < 1.29 is 224 Å². The van der Waals surface area contributed by atoms with E-state index in [1.54, 1.807) is 12.1 Å². The SMILES string of the molecule is CCCCCCCCCCCCOS(=O)(=O)O.O.O.O.O=C1NS(=O)(=O)c2ccccc21.O[Si](O)(O)O.[H-].[H-].[H-].[H-].[H-].[H-].[H-].[Mg+2].[Na+].[Na+].[Na+].[Na+].[Na+]. The van der Waals surface area contributed by atoms with E-state index in [1.807, 2.05) is 4.72 Å². The summed E-state index contributed by atoms with van der Waals surface area (Å²) in [6.45, 7) is 2.31. The summed E-state index contributed by atoms with van der Waals surface area (Å²) in [6.07, 6.45) is 11.9. The van der Waals surface area contributed by atoms with Gasteiger partial charge in [0, 0.05) is 0 Å². The number of hydrogen-bond acceptors (Lipinski definition) is 10. The maximum Gasteiger partial charge on any atom is 2.00 e. The van der Waals surface area contributed by atoms with Gasteiger partial charge < -0.3 is 45.6 Å². The summed E-state index contributed by atoms with van der Waals surface area (Å²) < 4.78 is 57.1. The normalized spacial score (nSPS) is 11.3. The molecule has 1 amide bonds. The van der Waals surface area contributed by atoms with E-state index in [1.165, 1.54) is 57.1 Å². The van der Waals surface area contributed by atoms with Crippen molar-refractivity contribution in [3.05, 3.63) is 29.8 Å². The van der Waals surface area contributed by atoms with Crippen LogP contribution in [0.3, 0.4) is 0 Å². The van der Waals surface area contributed by atoms with Crippen LogP contribution in [-0.2, 0) is 24.6 Å². The predicted molar refractivity (Wildman–Crippen MR) is 149 cm³/mol. The van der Waals surface area contributed by atoms with Gasteiger partial charge in [-0.25, -0.2) is 17.3 Å². The molecule has 0 spiro atoms. The van der Waals surface area contributed by atoms with E-state index in [4.69, 9.17) is 23.7 Å². The summed E-state index contributed by atoms with van der Waals surface area (Å²) in [7, 11) is -12.4. The Balaban J connectivity index is -0.0000000201. The van der Waals surface area contributed by atoms with Gasteiger partial charge in [0.15, 0.2) is 0 Å². The van der Waals surface area contributed by atoms with Gasteiger partial charge in [0.05, 0.1) is 12.2 Å². The monoisotopic (exact) mass is 745 g/mol. The third-order valence-corrected chi connectivity index (χ3v) is 6.23. The molecule has 0 atom stereocenters. The van der Waals surface area contributed by atoms with Crippen LogP contribution in [-0.4, -0.2) is 102 Å². The first-order valence-electron chi connectivity index (χ1n) is 10.8. The van der Waals surface area contributed by atoms with E-state index in [0.29, 0.717) is 6.42 Å². The van der Waals surface area contributed by atoms with Crippen molar-refractivity contribution in [3.8, 4) is 0 Å². The minimum atomic E-state index is -4.61. The first-order valence-corrected chi connectivity index (χ1v) is 15.5. The zero-order valence-corrected chi connectivity index (χ0v) is 40.3. The van der Waals surface area contributed by atoms with Gasteiger partial charge in [-0.3, -0.25) is 9.35 Å². The average Bonchev–Trinajstić information content (AvgIpc) is 2.93. The molecule has 0 bridgehead atoms. The summed E-state index contributed by atoms with van der Waals surface area (Å²) >= 11 is 0. The maximum absolute atomic E-state index is 11.1. The first kappa shape index (κ1) is 72.8. The summed E-state index contributed by atoms with van der Waals surface area (Å²) in [4.78, 5) is 40.4. The van der Waals surface area contributed by atoms with Gasteiger partial charge in [-0.1, -0.05) is 76.8 Å². The van der Waals surface area contributed by atoms with Gasteiger partial charge in [0.2, 0.25) is 0 Å². The van der Waals surface area contributed by atoms with Crippen LogP contribution in [0, 0.1) is 0 Å². The number of carbonyl (C=O) groups excluding carboxylic acids is 1. The van der Waals surface area contributed by atoms with Crippen molar-refractivity contribution in [2.75, 3.05) is 6.61 Å². The summed E-state index contributed by atoms with van der Waals surface area (Å²) in [5.74, 6) is -0.550. The van der Waals surface area contributed by atoms with Gasteiger partial charge in [0.1, 0.15) is 4.90 Å². The van der Waals surface area contributed by atoms with Crippen LogP contribution in [0.4, 0.5) is 0 Å². The Hall–Kier alpha value is 4.21.